The number of hydrogen-bond donors (Lipinski definition) is 1. The van der Waals surface area contributed by atoms with Crippen LogP contribution in [0.25, 0.3) is 0 Å². The highest BCUT2D eigenvalue weighted by molar-refractivity contribution is 4.96. The molecule has 2 saturated heterocycles. The second-order valence-electron chi connectivity index (χ2n) is 5.55. The van der Waals surface area contributed by atoms with Gasteiger partial charge in [-0.15, -0.1) is 0 Å². The van der Waals surface area contributed by atoms with E-state index in [0.717, 1.165) is 18.0 Å². The molecule has 0 aromatic heterocycles. The summed E-state index contributed by atoms with van der Waals surface area (Å²) in [6.45, 7) is 1.79. The van der Waals surface area contributed by atoms with E-state index in [-0.39, 0.29) is 0 Å². The van der Waals surface area contributed by atoms with Gasteiger partial charge in [-0.1, -0.05) is 0 Å². The Hall–Kier alpha value is -0.0800. The Bertz CT molecular complexity index is 200. The molecule has 3 aliphatic rings. The third-order valence-electron chi connectivity index (χ3n) is 4.41. The number of piperidine rings is 1. The van der Waals surface area contributed by atoms with E-state index in [0.29, 0.717) is 12.5 Å². The lowest BCUT2D eigenvalue weighted by molar-refractivity contribution is 0.0705. The van der Waals surface area contributed by atoms with Gasteiger partial charge < -0.3 is 5.11 Å². The monoisotopic (exact) mass is 195 g/mol. The van der Waals surface area contributed by atoms with Crippen LogP contribution in [-0.2, 0) is 0 Å². The molecule has 0 amide bonds. The van der Waals surface area contributed by atoms with Crippen molar-refractivity contribution >= 4 is 0 Å². The van der Waals surface area contributed by atoms with E-state index < -0.39 is 0 Å². The van der Waals surface area contributed by atoms with Crippen molar-refractivity contribution in [3.63, 3.8) is 0 Å². The Labute approximate surface area is 86.3 Å². The number of hydrogen-bond acceptors (Lipinski definition) is 2. The Balaban J connectivity index is 1.64. The van der Waals surface area contributed by atoms with Crippen molar-refractivity contribution in [1.82, 2.24) is 4.90 Å². The summed E-state index contributed by atoms with van der Waals surface area (Å²) in [5.74, 6) is 1.65. The molecule has 2 aliphatic heterocycles. The number of aliphatic hydroxyl groups excluding tert-OH is 1. The van der Waals surface area contributed by atoms with E-state index in [9.17, 15) is 5.11 Å². The SMILES string of the molecule is OCC1CC2CCC(C1)N2CC1CC1. The van der Waals surface area contributed by atoms with E-state index in [4.69, 9.17) is 0 Å². The lowest BCUT2D eigenvalue weighted by atomic mass is 9.91. The first-order valence-corrected chi connectivity index (χ1v) is 6.23. The van der Waals surface area contributed by atoms with Gasteiger partial charge in [-0.05, 0) is 50.4 Å². The standard InChI is InChI=1S/C12H21NO/c14-8-10-5-11-3-4-12(6-10)13(11)7-9-1-2-9/h9-12,14H,1-8H2. The average molecular weight is 195 g/mol. The van der Waals surface area contributed by atoms with Crippen LogP contribution in [0.5, 0.6) is 0 Å². The van der Waals surface area contributed by atoms with Gasteiger partial charge in [-0.2, -0.15) is 0 Å². The first-order valence-electron chi connectivity index (χ1n) is 6.23. The van der Waals surface area contributed by atoms with E-state index in [2.05, 4.69) is 4.90 Å². The summed E-state index contributed by atoms with van der Waals surface area (Å²) in [6, 6.07) is 1.65. The molecule has 2 heterocycles. The van der Waals surface area contributed by atoms with Gasteiger partial charge >= 0.3 is 0 Å². The molecule has 14 heavy (non-hydrogen) atoms. The fraction of sp³-hybridized carbons (Fsp3) is 1.00. The van der Waals surface area contributed by atoms with Gasteiger partial charge in [-0.25, -0.2) is 0 Å². The molecule has 2 nitrogen and oxygen atoms in total. The van der Waals surface area contributed by atoms with Crippen LogP contribution < -0.4 is 0 Å². The lowest BCUT2D eigenvalue weighted by Crippen LogP contribution is -2.44. The predicted octanol–water partition coefficient (Wildman–Crippen LogP) is 1.63. The molecule has 3 fully saturated rings. The molecule has 2 unspecified atom stereocenters. The van der Waals surface area contributed by atoms with Gasteiger partial charge in [0.05, 0.1) is 0 Å². The smallest absolute Gasteiger partial charge is 0.0460 e. The van der Waals surface area contributed by atoms with Crippen molar-refractivity contribution in [2.24, 2.45) is 11.8 Å². The van der Waals surface area contributed by atoms with Gasteiger partial charge in [0.1, 0.15) is 0 Å². The molecule has 1 saturated carbocycles. The van der Waals surface area contributed by atoms with Crippen LogP contribution in [0.4, 0.5) is 0 Å². The predicted molar refractivity (Wildman–Crippen MR) is 56.0 cm³/mol. The van der Waals surface area contributed by atoms with Crippen LogP contribution in [0, 0.1) is 11.8 Å². The van der Waals surface area contributed by atoms with Gasteiger partial charge in [0.25, 0.3) is 0 Å². The molecule has 80 valence electrons. The molecule has 2 heteroatoms. The van der Waals surface area contributed by atoms with E-state index >= 15 is 0 Å². The summed E-state index contributed by atoms with van der Waals surface area (Å²) in [6.07, 6.45) is 8.26. The Morgan fingerprint density at radius 3 is 2.07 bits per heavy atom. The Morgan fingerprint density at radius 2 is 1.57 bits per heavy atom. The lowest BCUT2D eigenvalue weighted by Gasteiger charge is -2.38. The van der Waals surface area contributed by atoms with Crippen molar-refractivity contribution in [3.05, 3.63) is 0 Å². The Morgan fingerprint density at radius 1 is 0.929 bits per heavy atom. The second kappa shape index (κ2) is 3.49. The highest BCUT2D eigenvalue weighted by atomic mass is 16.3. The topological polar surface area (TPSA) is 23.5 Å². The number of rotatable bonds is 3. The molecule has 2 atom stereocenters. The summed E-state index contributed by atoms with van der Waals surface area (Å²) in [7, 11) is 0. The van der Waals surface area contributed by atoms with Gasteiger partial charge in [0.2, 0.25) is 0 Å². The minimum atomic E-state index is 0.421. The third-order valence-corrected chi connectivity index (χ3v) is 4.41. The third kappa shape index (κ3) is 1.59. The van der Waals surface area contributed by atoms with Crippen LogP contribution in [-0.4, -0.2) is 35.2 Å². The minimum Gasteiger partial charge on any atom is -0.396 e. The second-order valence-corrected chi connectivity index (χ2v) is 5.55. The minimum absolute atomic E-state index is 0.421. The van der Waals surface area contributed by atoms with Gasteiger partial charge in [0, 0.05) is 25.2 Å². The van der Waals surface area contributed by atoms with Crippen LogP contribution >= 0.6 is 0 Å². The van der Waals surface area contributed by atoms with Gasteiger partial charge in [0.15, 0.2) is 0 Å². The highest BCUT2D eigenvalue weighted by Crippen LogP contribution is 2.41. The first-order chi connectivity index (χ1) is 6.86. The number of aliphatic hydroxyl groups is 1. The van der Waals surface area contributed by atoms with Crippen molar-refractivity contribution in [2.45, 2.75) is 50.6 Å². The van der Waals surface area contributed by atoms with Crippen LogP contribution in [0.15, 0.2) is 0 Å². The summed E-state index contributed by atoms with van der Waals surface area (Å²) >= 11 is 0. The molecule has 2 bridgehead atoms. The Kier molecular flexibility index (Phi) is 2.29. The van der Waals surface area contributed by atoms with E-state index in [1.165, 1.54) is 45.1 Å². The largest absolute Gasteiger partial charge is 0.396 e. The molecular formula is C12H21NO. The van der Waals surface area contributed by atoms with Crippen molar-refractivity contribution in [2.75, 3.05) is 13.2 Å². The number of nitrogens with zero attached hydrogens (tertiary/aromatic N) is 1. The normalized spacial score (nSPS) is 43.1. The zero-order valence-electron chi connectivity index (χ0n) is 8.86. The summed E-state index contributed by atoms with van der Waals surface area (Å²) in [5, 5.41) is 9.22. The summed E-state index contributed by atoms with van der Waals surface area (Å²) in [5.41, 5.74) is 0. The quantitative estimate of drug-likeness (QED) is 0.740. The van der Waals surface area contributed by atoms with Crippen molar-refractivity contribution in [1.29, 1.82) is 0 Å². The molecular weight excluding hydrogens is 174 g/mol. The maximum atomic E-state index is 9.22. The van der Waals surface area contributed by atoms with Gasteiger partial charge in [-0.3, -0.25) is 4.90 Å². The van der Waals surface area contributed by atoms with E-state index in [1.807, 2.05) is 0 Å². The fourth-order valence-electron chi connectivity index (χ4n) is 3.43. The first kappa shape index (κ1) is 9.17. The molecule has 0 aromatic rings. The van der Waals surface area contributed by atoms with Crippen molar-refractivity contribution < 1.29 is 5.11 Å². The van der Waals surface area contributed by atoms with Crippen LogP contribution in [0.1, 0.15) is 38.5 Å². The zero-order chi connectivity index (χ0) is 9.54. The molecule has 0 spiro atoms. The maximum Gasteiger partial charge on any atom is 0.0460 e. The maximum absolute atomic E-state index is 9.22. The molecule has 1 aliphatic carbocycles. The molecule has 3 rings (SSSR count). The van der Waals surface area contributed by atoms with Crippen LogP contribution in [0.3, 0.4) is 0 Å². The molecule has 0 aromatic carbocycles. The number of fused-ring (bicyclic) bond motifs is 2. The van der Waals surface area contributed by atoms with Crippen molar-refractivity contribution in [3.8, 4) is 0 Å². The zero-order valence-corrected chi connectivity index (χ0v) is 8.86. The summed E-state index contributed by atoms with van der Waals surface area (Å²) < 4.78 is 0. The van der Waals surface area contributed by atoms with Crippen LogP contribution in [0.2, 0.25) is 0 Å². The average Bonchev–Trinajstić information content (AvgIpc) is 2.95. The fourth-order valence-corrected chi connectivity index (χ4v) is 3.43. The highest BCUT2D eigenvalue weighted by Gasteiger charge is 2.42. The molecule has 0 radical (unpaired) electrons. The molecule has 1 N–H and O–H groups in total. The van der Waals surface area contributed by atoms with E-state index in [1.54, 1.807) is 0 Å². The summed E-state index contributed by atoms with van der Waals surface area (Å²) in [4.78, 5) is 2.77.